The summed E-state index contributed by atoms with van der Waals surface area (Å²) in [7, 11) is 0. The Hall–Kier alpha value is -1.42. The van der Waals surface area contributed by atoms with E-state index in [4.69, 9.17) is 0 Å². The zero-order valence-electron chi connectivity index (χ0n) is 11.0. The SMILES string of the molecule is CSC1(CNC(=O)c2ccc3cc[nH]c3c2)CCC1. The third-order valence-corrected chi connectivity index (χ3v) is 5.50. The van der Waals surface area contributed by atoms with Crippen LogP contribution in [0.1, 0.15) is 29.6 Å². The Kier molecular flexibility index (Phi) is 3.27. The molecule has 1 amide bonds. The molecule has 4 heteroatoms. The fraction of sp³-hybridized carbons (Fsp3) is 0.400. The van der Waals surface area contributed by atoms with Crippen molar-refractivity contribution in [3.05, 3.63) is 36.0 Å². The van der Waals surface area contributed by atoms with E-state index in [1.807, 2.05) is 42.2 Å². The molecule has 3 rings (SSSR count). The topological polar surface area (TPSA) is 44.9 Å². The van der Waals surface area contributed by atoms with Gasteiger partial charge in [-0.1, -0.05) is 12.5 Å². The summed E-state index contributed by atoms with van der Waals surface area (Å²) in [5, 5.41) is 4.21. The molecule has 3 nitrogen and oxygen atoms in total. The highest BCUT2D eigenvalue weighted by atomic mass is 32.2. The van der Waals surface area contributed by atoms with E-state index in [1.165, 1.54) is 19.3 Å². The summed E-state index contributed by atoms with van der Waals surface area (Å²) in [4.78, 5) is 15.3. The fourth-order valence-corrected chi connectivity index (χ4v) is 3.47. The van der Waals surface area contributed by atoms with Crippen LogP contribution in [-0.4, -0.2) is 28.4 Å². The molecule has 19 heavy (non-hydrogen) atoms. The van der Waals surface area contributed by atoms with Gasteiger partial charge in [0.15, 0.2) is 0 Å². The third kappa shape index (κ3) is 2.37. The van der Waals surface area contributed by atoms with Gasteiger partial charge < -0.3 is 10.3 Å². The largest absolute Gasteiger partial charge is 0.361 e. The highest BCUT2D eigenvalue weighted by Crippen LogP contribution is 2.42. The molecule has 1 heterocycles. The number of aromatic nitrogens is 1. The van der Waals surface area contributed by atoms with Gasteiger partial charge in [-0.15, -0.1) is 0 Å². The molecule has 0 spiro atoms. The molecule has 1 saturated carbocycles. The van der Waals surface area contributed by atoms with Gasteiger partial charge in [0.2, 0.25) is 0 Å². The van der Waals surface area contributed by atoms with E-state index in [0.717, 1.165) is 23.0 Å². The number of benzene rings is 1. The number of H-pyrrole nitrogens is 1. The molecular weight excluding hydrogens is 256 g/mol. The minimum atomic E-state index is 0.0248. The zero-order valence-corrected chi connectivity index (χ0v) is 11.8. The van der Waals surface area contributed by atoms with Gasteiger partial charge >= 0.3 is 0 Å². The average Bonchev–Trinajstić information content (AvgIpc) is 2.84. The lowest BCUT2D eigenvalue weighted by atomic mass is 9.84. The Balaban J connectivity index is 1.69. The summed E-state index contributed by atoms with van der Waals surface area (Å²) in [6.07, 6.45) is 7.74. The van der Waals surface area contributed by atoms with E-state index in [2.05, 4.69) is 16.6 Å². The molecule has 0 atom stereocenters. The monoisotopic (exact) mass is 274 g/mol. The van der Waals surface area contributed by atoms with Crippen LogP contribution in [0.3, 0.4) is 0 Å². The number of amides is 1. The van der Waals surface area contributed by atoms with Gasteiger partial charge in [-0.05, 0) is 42.7 Å². The van der Waals surface area contributed by atoms with Crippen LogP contribution in [0.5, 0.6) is 0 Å². The summed E-state index contributed by atoms with van der Waals surface area (Å²) < 4.78 is 0.284. The van der Waals surface area contributed by atoms with Gasteiger partial charge in [0, 0.05) is 28.6 Å². The van der Waals surface area contributed by atoms with Crippen LogP contribution in [0.4, 0.5) is 0 Å². The van der Waals surface area contributed by atoms with Crippen molar-refractivity contribution in [3.8, 4) is 0 Å². The quantitative estimate of drug-likeness (QED) is 0.899. The van der Waals surface area contributed by atoms with Crippen molar-refractivity contribution in [2.24, 2.45) is 0 Å². The normalized spacial score (nSPS) is 17.1. The van der Waals surface area contributed by atoms with Gasteiger partial charge in [-0.2, -0.15) is 11.8 Å². The lowest BCUT2D eigenvalue weighted by molar-refractivity contribution is 0.0944. The lowest BCUT2D eigenvalue weighted by Crippen LogP contribution is -2.45. The smallest absolute Gasteiger partial charge is 0.251 e. The van der Waals surface area contributed by atoms with Crippen molar-refractivity contribution in [2.45, 2.75) is 24.0 Å². The van der Waals surface area contributed by atoms with Gasteiger partial charge in [-0.3, -0.25) is 4.79 Å². The van der Waals surface area contributed by atoms with Crippen molar-refractivity contribution in [3.63, 3.8) is 0 Å². The van der Waals surface area contributed by atoms with Crippen molar-refractivity contribution in [1.29, 1.82) is 0 Å². The second kappa shape index (κ2) is 4.93. The summed E-state index contributed by atoms with van der Waals surface area (Å²) in [6.45, 7) is 0.774. The van der Waals surface area contributed by atoms with E-state index in [-0.39, 0.29) is 10.7 Å². The Morgan fingerprint density at radius 2 is 2.26 bits per heavy atom. The maximum atomic E-state index is 12.2. The summed E-state index contributed by atoms with van der Waals surface area (Å²) in [5.41, 5.74) is 1.74. The minimum Gasteiger partial charge on any atom is -0.361 e. The number of carbonyl (C=O) groups excluding carboxylic acids is 1. The first-order valence-electron chi connectivity index (χ1n) is 6.63. The number of carbonyl (C=O) groups is 1. The van der Waals surface area contributed by atoms with E-state index in [0.29, 0.717) is 0 Å². The second-order valence-electron chi connectivity index (χ2n) is 5.20. The number of hydrogen-bond donors (Lipinski definition) is 2. The molecule has 1 aliphatic rings. The van der Waals surface area contributed by atoms with Crippen molar-refractivity contribution < 1.29 is 4.79 Å². The third-order valence-electron chi connectivity index (χ3n) is 4.09. The molecule has 1 fully saturated rings. The van der Waals surface area contributed by atoms with Crippen molar-refractivity contribution in [2.75, 3.05) is 12.8 Å². The van der Waals surface area contributed by atoms with E-state index in [9.17, 15) is 4.79 Å². The van der Waals surface area contributed by atoms with Crippen LogP contribution >= 0.6 is 11.8 Å². The number of hydrogen-bond acceptors (Lipinski definition) is 2. The summed E-state index contributed by atoms with van der Waals surface area (Å²) in [5.74, 6) is 0.0248. The molecule has 0 saturated heterocycles. The van der Waals surface area contributed by atoms with E-state index >= 15 is 0 Å². The summed E-state index contributed by atoms with van der Waals surface area (Å²) >= 11 is 1.88. The number of fused-ring (bicyclic) bond motifs is 1. The van der Waals surface area contributed by atoms with Crippen LogP contribution in [0.15, 0.2) is 30.5 Å². The fourth-order valence-electron chi connectivity index (χ4n) is 2.56. The molecule has 1 aromatic heterocycles. The van der Waals surface area contributed by atoms with Gasteiger partial charge in [0.25, 0.3) is 5.91 Å². The Morgan fingerprint density at radius 3 is 2.95 bits per heavy atom. The molecule has 0 aliphatic heterocycles. The molecular formula is C15H18N2OS. The molecule has 0 radical (unpaired) electrons. The molecule has 100 valence electrons. The van der Waals surface area contributed by atoms with Crippen LogP contribution in [-0.2, 0) is 0 Å². The average molecular weight is 274 g/mol. The maximum Gasteiger partial charge on any atom is 0.251 e. The van der Waals surface area contributed by atoms with Gasteiger partial charge in [0.1, 0.15) is 0 Å². The van der Waals surface area contributed by atoms with Gasteiger partial charge in [0.05, 0.1) is 0 Å². The number of thioether (sulfide) groups is 1. The first-order valence-corrected chi connectivity index (χ1v) is 7.85. The highest BCUT2D eigenvalue weighted by Gasteiger charge is 2.36. The van der Waals surface area contributed by atoms with Crippen LogP contribution < -0.4 is 5.32 Å². The Bertz CT molecular complexity index is 595. The van der Waals surface area contributed by atoms with Crippen molar-refractivity contribution >= 4 is 28.6 Å². The molecule has 0 unspecified atom stereocenters. The standard InChI is InChI=1S/C15H18N2OS/c1-19-15(6-2-7-15)10-17-14(18)12-4-3-11-5-8-16-13(11)9-12/h3-5,8-9,16H,2,6-7,10H2,1H3,(H,17,18). The lowest BCUT2D eigenvalue weighted by Gasteiger charge is -2.40. The molecule has 2 aromatic rings. The molecule has 1 aliphatic carbocycles. The molecule has 1 aromatic carbocycles. The maximum absolute atomic E-state index is 12.2. The van der Waals surface area contributed by atoms with E-state index < -0.39 is 0 Å². The molecule has 0 bridgehead atoms. The predicted octanol–water partition coefficient (Wildman–Crippen LogP) is 3.18. The van der Waals surface area contributed by atoms with E-state index in [1.54, 1.807) is 0 Å². The Morgan fingerprint density at radius 1 is 1.42 bits per heavy atom. The first-order chi connectivity index (χ1) is 9.22. The molecule has 2 N–H and O–H groups in total. The number of rotatable bonds is 4. The summed E-state index contributed by atoms with van der Waals surface area (Å²) in [6, 6.07) is 7.79. The predicted molar refractivity (Wildman–Crippen MR) is 80.7 cm³/mol. The van der Waals surface area contributed by atoms with Crippen LogP contribution in [0, 0.1) is 0 Å². The van der Waals surface area contributed by atoms with Crippen LogP contribution in [0.2, 0.25) is 0 Å². The zero-order chi connectivity index (χ0) is 13.3. The Labute approximate surface area is 117 Å². The first kappa shape index (κ1) is 12.6. The van der Waals surface area contributed by atoms with Gasteiger partial charge in [-0.25, -0.2) is 0 Å². The second-order valence-corrected chi connectivity index (χ2v) is 6.48. The minimum absolute atomic E-state index is 0.0248. The highest BCUT2D eigenvalue weighted by molar-refractivity contribution is 8.00. The van der Waals surface area contributed by atoms with Crippen molar-refractivity contribution in [1.82, 2.24) is 10.3 Å². The van der Waals surface area contributed by atoms with Crippen LogP contribution in [0.25, 0.3) is 10.9 Å². The number of nitrogens with one attached hydrogen (secondary N) is 2. The number of aromatic amines is 1.